The Labute approximate surface area is 94.7 Å². The summed E-state index contributed by atoms with van der Waals surface area (Å²) in [6, 6.07) is 10.8. The lowest BCUT2D eigenvalue weighted by atomic mass is 10.0. The van der Waals surface area contributed by atoms with Crippen molar-refractivity contribution in [3.05, 3.63) is 41.8 Å². The molecule has 1 radical (unpaired) electrons. The lowest BCUT2D eigenvalue weighted by Crippen LogP contribution is -1.87. The van der Waals surface area contributed by atoms with Crippen LogP contribution in [0.2, 0.25) is 0 Å². The van der Waals surface area contributed by atoms with Gasteiger partial charge < -0.3 is 0 Å². The van der Waals surface area contributed by atoms with Crippen molar-refractivity contribution in [3.8, 4) is 0 Å². The van der Waals surface area contributed by atoms with Gasteiger partial charge in [-0.3, -0.25) is 0 Å². The molecular weight excluding hydrogens is 180 g/mol. The van der Waals surface area contributed by atoms with Gasteiger partial charge in [-0.2, -0.15) is 0 Å². The van der Waals surface area contributed by atoms with E-state index in [4.69, 9.17) is 0 Å². The minimum absolute atomic E-state index is 1.25. The molecule has 0 saturated heterocycles. The first-order valence-corrected chi connectivity index (χ1v) is 6.12. The smallest absolute Gasteiger partial charge is 0.0279 e. The van der Waals surface area contributed by atoms with Crippen LogP contribution in [-0.2, 0) is 6.42 Å². The molecule has 0 heterocycles. The Morgan fingerprint density at radius 2 is 1.53 bits per heavy atom. The molecule has 0 saturated carbocycles. The van der Waals surface area contributed by atoms with E-state index in [1.807, 2.05) is 0 Å². The van der Waals surface area contributed by atoms with E-state index in [9.17, 15) is 0 Å². The number of aryl methyl sites for hydroxylation is 1. The van der Waals surface area contributed by atoms with Gasteiger partial charge in [0, 0.05) is 0 Å². The van der Waals surface area contributed by atoms with Crippen LogP contribution in [0.3, 0.4) is 0 Å². The van der Waals surface area contributed by atoms with Gasteiger partial charge in [0.15, 0.2) is 0 Å². The molecule has 83 valence electrons. The van der Waals surface area contributed by atoms with Crippen molar-refractivity contribution in [2.75, 3.05) is 0 Å². The Morgan fingerprint density at radius 1 is 0.867 bits per heavy atom. The van der Waals surface area contributed by atoms with E-state index in [0.29, 0.717) is 0 Å². The number of rotatable bonds is 7. The van der Waals surface area contributed by atoms with Gasteiger partial charge in [-0.1, -0.05) is 63.4 Å². The lowest BCUT2D eigenvalue weighted by molar-refractivity contribution is 0.620. The normalized spacial score (nSPS) is 10.9. The Kier molecular flexibility index (Phi) is 6.15. The van der Waals surface area contributed by atoms with Crippen LogP contribution in [0.1, 0.15) is 51.5 Å². The standard InChI is InChI=1S/C15H23/c1-14(2)10-6-3-4-7-11-15-12-8-5-9-13-15/h5,8-9,12-13H,3-4,6-7,10-11H2,1-2H3. The Balaban J connectivity index is 1.98. The molecule has 0 atom stereocenters. The van der Waals surface area contributed by atoms with Crippen LogP contribution >= 0.6 is 0 Å². The zero-order valence-electron chi connectivity index (χ0n) is 10.1. The second-order valence-electron chi connectivity index (χ2n) is 4.61. The highest BCUT2D eigenvalue weighted by Crippen LogP contribution is 2.12. The van der Waals surface area contributed by atoms with Crippen LogP contribution < -0.4 is 0 Å². The number of unbranched alkanes of at least 4 members (excludes halogenated alkanes) is 3. The van der Waals surface area contributed by atoms with Crippen molar-refractivity contribution in [3.63, 3.8) is 0 Å². The summed E-state index contributed by atoms with van der Waals surface area (Å²) in [5.74, 6) is 1.57. The summed E-state index contributed by atoms with van der Waals surface area (Å²) >= 11 is 0. The molecule has 0 aromatic heterocycles. The first kappa shape index (κ1) is 12.3. The predicted octanol–water partition coefficient (Wildman–Crippen LogP) is 4.79. The minimum Gasteiger partial charge on any atom is -0.0622 e. The molecular formula is C15H23. The Bertz CT molecular complexity index is 235. The van der Waals surface area contributed by atoms with Crippen molar-refractivity contribution < 1.29 is 0 Å². The van der Waals surface area contributed by atoms with Crippen molar-refractivity contribution in [2.45, 2.75) is 52.4 Å². The highest BCUT2D eigenvalue weighted by molar-refractivity contribution is 5.14. The fourth-order valence-electron chi connectivity index (χ4n) is 1.81. The van der Waals surface area contributed by atoms with Crippen LogP contribution in [0, 0.1) is 5.92 Å². The van der Waals surface area contributed by atoms with Crippen LogP contribution in [0.5, 0.6) is 0 Å². The molecule has 0 aliphatic heterocycles. The maximum Gasteiger partial charge on any atom is -0.0279 e. The molecule has 0 N–H and O–H groups in total. The maximum absolute atomic E-state index is 2.23. The van der Waals surface area contributed by atoms with E-state index in [0.717, 1.165) is 0 Å². The van der Waals surface area contributed by atoms with Crippen LogP contribution in [-0.4, -0.2) is 0 Å². The van der Waals surface area contributed by atoms with Crippen molar-refractivity contribution in [2.24, 2.45) is 0 Å². The zero-order chi connectivity index (χ0) is 10.9. The first-order valence-electron chi connectivity index (χ1n) is 6.12. The fraction of sp³-hybridized carbons (Fsp3) is 0.533. The molecule has 1 aromatic rings. The maximum atomic E-state index is 2.23. The van der Waals surface area contributed by atoms with Gasteiger partial charge in [0.2, 0.25) is 0 Å². The van der Waals surface area contributed by atoms with Gasteiger partial charge in [-0.15, -0.1) is 0 Å². The van der Waals surface area contributed by atoms with Gasteiger partial charge in [-0.05, 0) is 30.7 Å². The zero-order valence-corrected chi connectivity index (χ0v) is 10.1. The second kappa shape index (κ2) is 7.50. The summed E-state index contributed by atoms with van der Waals surface area (Å²) < 4.78 is 0. The summed E-state index contributed by atoms with van der Waals surface area (Å²) in [5.41, 5.74) is 1.48. The summed E-state index contributed by atoms with van der Waals surface area (Å²) in [7, 11) is 0. The quantitative estimate of drug-likeness (QED) is 0.559. The molecule has 0 fully saturated rings. The third kappa shape index (κ3) is 6.33. The summed E-state index contributed by atoms with van der Waals surface area (Å²) in [6.07, 6.45) is 8.03. The molecule has 15 heavy (non-hydrogen) atoms. The van der Waals surface area contributed by atoms with E-state index in [1.165, 1.54) is 44.1 Å². The predicted molar refractivity (Wildman–Crippen MR) is 67.8 cm³/mol. The van der Waals surface area contributed by atoms with E-state index < -0.39 is 0 Å². The van der Waals surface area contributed by atoms with E-state index in [-0.39, 0.29) is 0 Å². The van der Waals surface area contributed by atoms with E-state index in [2.05, 4.69) is 44.2 Å². The van der Waals surface area contributed by atoms with Gasteiger partial charge in [0.25, 0.3) is 0 Å². The molecule has 1 rings (SSSR count). The number of hydrogen-bond donors (Lipinski definition) is 0. The summed E-state index contributed by atoms with van der Waals surface area (Å²) in [5, 5.41) is 0. The average molecular weight is 203 g/mol. The molecule has 0 bridgehead atoms. The second-order valence-corrected chi connectivity index (χ2v) is 4.61. The minimum atomic E-state index is 1.25. The number of hydrogen-bond acceptors (Lipinski definition) is 0. The van der Waals surface area contributed by atoms with Gasteiger partial charge in [0.05, 0.1) is 0 Å². The van der Waals surface area contributed by atoms with Crippen LogP contribution in [0.4, 0.5) is 0 Å². The first-order chi connectivity index (χ1) is 7.29. The highest BCUT2D eigenvalue weighted by Gasteiger charge is 1.95. The molecule has 0 nitrogen and oxygen atoms in total. The van der Waals surface area contributed by atoms with Crippen molar-refractivity contribution in [1.29, 1.82) is 0 Å². The third-order valence-electron chi connectivity index (χ3n) is 2.74. The average Bonchev–Trinajstić information content (AvgIpc) is 2.24. The monoisotopic (exact) mass is 203 g/mol. The summed E-state index contributed by atoms with van der Waals surface area (Å²) in [6.45, 7) is 4.45. The Morgan fingerprint density at radius 3 is 2.20 bits per heavy atom. The van der Waals surface area contributed by atoms with Crippen LogP contribution in [0.15, 0.2) is 30.3 Å². The van der Waals surface area contributed by atoms with E-state index >= 15 is 0 Å². The third-order valence-corrected chi connectivity index (χ3v) is 2.74. The largest absolute Gasteiger partial charge is 0.0622 e. The molecule has 1 aromatic carbocycles. The SMILES string of the molecule is C[C](C)CCCCCCc1ccccc1. The molecule has 0 aliphatic rings. The lowest BCUT2D eigenvalue weighted by Gasteiger charge is -2.04. The highest BCUT2D eigenvalue weighted by atomic mass is 14.0. The fourth-order valence-corrected chi connectivity index (χ4v) is 1.81. The van der Waals surface area contributed by atoms with Crippen molar-refractivity contribution >= 4 is 0 Å². The number of benzene rings is 1. The molecule has 0 heteroatoms. The molecule has 0 amide bonds. The molecule has 0 unspecified atom stereocenters. The van der Waals surface area contributed by atoms with Crippen LogP contribution in [0.25, 0.3) is 0 Å². The van der Waals surface area contributed by atoms with Gasteiger partial charge >= 0.3 is 0 Å². The van der Waals surface area contributed by atoms with Crippen molar-refractivity contribution in [1.82, 2.24) is 0 Å². The van der Waals surface area contributed by atoms with Gasteiger partial charge in [-0.25, -0.2) is 0 Å². The van der Waals surface area contributed by atoms with E-state index in [1.54, 1.807) is 5.92 Å². The van der Waals surface area contributed by atoms with Gasteiger partial charge in [0.1, 0.15) is 0 Å². The Hall–Kier alpha value is -0.780. The molecule has 0 spiro atoms. The molecule has 0 aliphatic carbocycles. The summed E-state index contributed by atoms with van der Waals surface area (Å²) in [4.78, 5) is 0. The topological polar surface area (TPSA) is 0 Å².